The molecule has 2 aromatic rings. The summed E-state index contributed by atoms with van der Waals surface area (Å²) in [5.41, 5.74) is 1.08. The van der Waals surface area contributed by atoms with Crippen molar-refractivity contribution in [3.05, 3.63) is 26.6 Å². The number of hydrogen-bond acceptors (Lipinski definition) is 5. The largest absolute Gasteiger partial charge is 0.354 e. The van der Waals surface area contributed by atoms with Gasteiger partial charge >= 0.3 is 0 Å². The van der Waals surface area contributed by atoms with Gasteiger partial charge in [0, 0.05) is 18.0 Å². The molecule has 130 valence electrons. The van der Waals surface area contributed by atoms with Crippen LogP contribution in [0.4, 0.5) is 0 Å². The Morgan fingerprint density at radius 3 is 2.88 bits per heavy atom. The number of aromatic amines is 1. The Labute approximate surface area is 145 Å². The summed E-state index contributed by atoms with van der Waals surface area (Å²) in [4.78, 5) is 35.7. The maximum absolute atomic E-state index is 12.6. The highest BCUT2D eigenvalue weighted by Gasteiger charge is 2.20. The van der Waals surface area contributed by atoms with E-state index in [-0.39, 0.29) is 11.5 Å². The smallest absolute Gasteiger partial charge is 0.259 e. The normalized spacial score (nSPS) is 17.2. The van der Waals surface area contributed by atoms with Gasteiger partial charge in [-0.3, -0.25) is 14.5 Å². The number of amides is 1. The maximum Gasteiger partial charge on any atom is 0.259 e. The number of nitrogens with one attached hydrogen (secondary N) is 2. The van der Waals surface area contributed by atoms with E-state index in [1.54, 1.807) is 11.3 Å². The topological polar surface area (TPSA) is 78.1 Å². The van der Waals surface area contributed by atoms with Crippen molar-refractivity contribution in [3.63, 3.8) is 0 Å². The molecule has 2 N–H and O–H groups in total. The molecule has 24 heavy (non-hydrogen) atoms. The van der Waals surface area contributed by atoms with Crippen LogP contribution in [0.1, 0.15) is 36.5 Å². The highest BCUT2D eigenvalue weighted by molar-refractivity contribution is 7.18. The lowest BCUT2D eigenvalue weighted by atomic mass is 9.98. The van der Waals surface area contributed by atoms with Gasteiger partial charge in [-0.25, -0.2) is 4.98 Å². The Morgan fingerprint density at radius 2 is 2.17 bits per heavy atom. The molecule has 3 heterocycles. The fraction of sp³-hybridized carbons (Fsp3) is 0.588. The molecule has 0 aliphatic carbocycles. The number of carbonyl (C=O) groups excluding carboxylic acids is 1. The van der Waals surface area contributed by atoms with E-state index in [4.69, 9.17) is 0 Å². The molecule has 6 nitrogen and oxygen atoms in total. The van der Waals surface area contributed by atoms with Crippen LogP contribution in [0.15, 0.2) is 4.79 Å². The number of hydrogen-bond donors (Lipinski definition) is 2. The molecule has 1 aliphatic rings. The zero-order valence-corrected chi connectivity index (χ0v) is 15.3. The average Bonchev–Trinajstić information content (AvgIpc) is 2.83. The van der Waals surface area contributed by atoms with Crippen LogP contribution in [0.5, 0.6) is 0 Å². The summed E-state index contributed by atoms with van der Waals surface area (Å²) in [5.74, 6) is 1.21. The molecule has 0 unspecified atom stereocenters. The highest BCUT2D eigenvalue weighted by Crippen LogP contribution is 2.29. The van der Waals surface area contributed by atoms with Crippen LogP contribution in [-0.4, -0.2) is 40.4 Å². The van der Waals surface area contributed by atoms with Crippen LogP contribution < -0.4 is 10.9 Å². The molecule has 1 atom stereocenters. The van der Waals surface area contributed by atoms with Crippen LogP contribution in [0.25, 0.3) is 10.2 Å². The Balaban J connectivity index is 1.90. The predicted molar refractivity (Wildman–Crippen MR) is 96.4 cm³/mol. The maximum atomic E-state index is 12.6. The van der Waals surface area contributed by atoms with E-state index in [0.29, 0.717) is 31.4 Å². The molecule has 1 aliphatic heterocycles. The molecule has 0 bridgehead atoms. The monoisotopic (exact) mass is 348 g/mol. The summed E-state index contributed by atoms with van der Waals surface area (Å²) >= 11 is 1.59. The average molecular weight is 348 g/mol. The van der Waals surface area contributed by atoms with Crippen LogP contribution in [0, 0.1) is 12.8 Å². The zero-order chi connectivity index (χ0) is 17.3. The quantitative estimate of drug-likeness (QED) is 0.864. The van der Waals surface area contributed by atoms with Crippen molar-refractivity contribution in [2.75, 3.05) is 19.6 Å². The van der Waals surface area contributed by atoms with Crippen LogP contribution in [-0.2, 0) is 17.8 Å². The van der Waals surface area contributed by atoms with E-state index in [2.05, 4.69) is 36.1 Å². The van der Waals surface area contributed by atoms with Gasteiger partial charge in [-0.1, -0.05) is 20.3 Å². The summed E-state index contributed by atoms with van der Waals surface area (Å²) in [6.45, 7) is 8.71. The summed E-state index contributed by atoms with van der Waals surface area (Å²) in [6.07, 6.45) is 2.01. The van der Waals surface area contributed by atoms with Crippen LogP contribution >= 0.6 is 11.3 Å². The minimum Gasteiger partial charge on any atom is -0.354 e. The fourth-order valence-electron chi connectivity index (χ4n) is 3.07. The van der Waals surface area contributed by atoms with Gasteiger partial charge in [0.15, 0.2) is 0 Å². The van der Waals surface area contributed by atoms with Crippen molar-refractivity contribution in [2.45, 2.75) is 40.2 Å². The number of fused-ring (bicyclic) bond motifs is 1. The molecule has 0 radical (unpaired) electrons. The molecule has 7 heteroatoms. The minimum atomic E-state index is -0.0564. The summed E-state index contributed by atoms with van der Waals surface area (Å²) in [7, 11) is 0. The number of piperazine rings is 1. The summed E-state index contributed by atoms with van der Waals surface area (Å²) < 4.78 is 0. The molecular weight excluding hydrogens is 324 g/mol. The second-order valence-corrected chi connectivity index (χ2v) is 7.81. The lowest BCUT2D eigenvalue weighted by Gasteiger charge is -2.25. The first-order valence-electron chi connectivity index (χ1n) is 8.48. The minimum absolute atomic E-state index is 0.0208. The zero-order valence-electron chi connectivity index (χ0n) is 14.4. The Kier molecular flexibility index (Phi) is 5.01. The molecule has 1 saturated heterocycles. The number of aromatic nitrogens is 2. The third kappa shape index (κ3) is 3.52. The molecule has 0 saturated carbocycles. The molecule has 3 rings (SSSR count). The lowest BCUT2D eigenvalue weighted by Crippen LogP contribution is -2.47. The van der Waals surface area contributed by atoms with Gasteiger partial charge in [-0.2, -0.15) is 0 Å². The van der Waals surface area contributed by atoms with E-state index < -0.39 is 0 Å². The number of aryl methyl sites for hydroxylation is 1. The highest BCUT2D eigenvalue weighted by atomic mass is 32.1. The molecule has 1 fully saturated rings. The van der Waals surface area contributed by atoms with Crippen molar-refractivity contribution < 1.29 is 4.79 Å². The Hall–Kier alpha value is -1.73. The number of thiophene rings is 1. The van der Waals surface area contributed by atoms with Crippen LogP contribution in [0.2, 0.25) is 0 Å². The van der Waals surface area contributed by atoms with E-state index >= 15 is 0 Å². The van der Waals surface area contributed by atoms with Crippen molar-refractivity contribution >= 4 is 27.5 Å². The second-order valence-electron chi connectivity index (χ2n) is 6.61. The van der Waals surface area contributed by atoms with Gasteiger partial charge < -0.3 is 10.3 Å². The first kappa shape index (κ1) is 17.1. The van der Waals surface area contributed by atoms with E-state index in [9.17, 15) is 9.59 Å². The molecular formula is C17H24N4O2S. The molecule has 1 amide bonds. The van der Waals surface area contributed by atoms with Gasteiger partial charge in [0.25, 0.3) is 5.56 Å². The number of rotatable bonds is 5. The number of carbonyl (C=O) groups is 1. The lowest BCUT2D eigenvalue weighted by molar-refractivity contribution is -0.124. The third-order valence-electron chi connectivity index (χ3n) is 4.65. The number of nitrogens with zero attached hydrogens (tertiary/aromatic N) is 2. The van der Waals surface area contributed by atoms with Crippen molar-refractivity contribution in [1.82, 2.24) is 20.2 Å². The van der Waals surface area contributed by atoms with Gasteiger partial charge in [-0.05, 0) is 24.8 Å². The predicted octanol–water partition coefficient (Wildman–Crippen LogP) is 1.81. The van der Waals surface area contributed by atoms with E-state index in [1.165, 1.54) is 4.88 Å². The van der Waals surface area contributed by atoms with E-state index in [1.807, 2.05) is 4.90 Å². The molecule has 2 aromatic heterocycles. The first-order chi connectivity index (χ1) is 11.5. The molecule has 0 spiro atoms. The SMILES string of the molecule is CC[C@H](C)Cc1c(C)sc2nc(CN3CCNC(=O)C3)[nH]c(=O)c12. The Morgan fingerprint density at radius 1 is 1.38 bits per heavy atom. The van der Waals surface area contributed by atoms with Gasteiger partial charge in [0.1, 0.15) is 10.7 Å². The first-order valence-corrected chi connectivity index (χ1v) is 9.29. The fourth-order valence-corrected chi connectivity index (χ4v) is 4.14. The second kappa shape index (κ2) is 7.03. The van der Waals surface area contributed by atoms with Gasteiger partial charge in [-0.15, -0.1) is 11.3 Å². The summed E-state index contributed by atoms with van der Waals surface area (Å²) in [5, 5.41) is 3.55. The summed E-state index contributed by atoms with van der Waals surface area (Å²) in [6, 6.07) is 0. The number of H-pyrrole nitrogens is 1. The molecule has 0 aromatic carbocycles. The standard InChI is InChI=1S/C17H24N4O2S/c1-4-10(2)7-12-11(3)24-17-15(12)16(23)19-13(20-17)8-21-6-5-18-14(22)9-21/h10H,4-9H2,1-3H3,(H,18,22)(H,19,20,23)/t10-/m0/s1. The van der Waals surface area contributed by atoms with Crippen molar-refractivity contribution in [1.29, 1.82) is 0 Å². The van der Waals surface area contributed by atoms with Gasteiger partial charge in [0.05, 0.1) is 18.5 Å². The van der Waals surface area contributed by atoms with Gasteiger partial charge in [0.2, 0.25) is 5.91 Å². The van der Waals surface area contributed by atoms with Crippen LogP contribution in [0.3, 0.4) is 0 Å². The Bertz CT molecular complexity index is 811. The van der Waals surface area contributed by atoms with E-state index in [0.717, 1.165) is 35.2 Å². The van der Waals surface area contributed by atoms with Crippen molar-refractivity contribution in [2.24, 2.45) is 5.92 Å². The van der Waals surface area contributed by atoms with Crippen molar-refractivity contribution in [3.8, 4) is 0 Å². The third-order valence-corrected chi connectivity index (χ3v) is 5.69.